The van der Waals surface area contributed by atoms with Crippen LogP contribution in [0.4, 0.5) is 0 Å². The Morgan fingerprint density at radius 3 is 2.40 bits per heavy atom. The van der Waals surface area contributed by atoms with E-state index in [4.69, 9.17) is 4.74 Å². The molecule has 0 bridgehead atoms. The van der Waals surface area contributed by atoms with Gasteiger partial charge < -0.3 is 15.0 Å². The molecule has 1 aromatic rings. The third kappa shape index (κ3) is 5.81. The number of carbonyl (C=O) groups excluding carboxylic acids is 1. The number of halogens is 3. The second-order valence-electron chi connectivity index (χ2n) is 6.15. The largest absolute Gasteiger partial charge is 0.366 e. The van der Waals surface area contributed by atoms with E-state index in [0.29, 0.717) is 19.2 Å². The van der Waals surface area contributed by atoms with E-state index < -0.39 is 0 Å². The van der Waals surface area contributed by atoms with Gasteiger partial charge in [0.2, 0.25) is 0 Å². The number of nitrogens with one attached hydrogen (secondary N) is 1. The number of hydrogen-bond donors (Lipinski definition) is 1. The molecule has 5 nitrogen and oxygen atoms in total. The molecule has 0 aromatic heterocycles. The van der Waals surface area contributed by atoms with Crippen LogP contribution >= 0.6 is 40.7 Å². The number of ether oxygens (including phenoxy) is 1. The molecule has 1 N–H and O–H groups in total. The highest BCUT2D eigenvalue weighted by Crippen LogP contribution is 2.23. The SMILES string of the molecule is CC(c1ccc(Br)cc1)N1CCN(C(=O)C2CNCCO2)CC1.Cl.Cl. The number of morpholine rings is 1. The van der Waals surface area contributed by atoms with E-state index in [2.05, 4.69) is 57.3 Å². The molecule has 2 fully saturated rings. The van der Waals surface area contributed by atoms with E-state index in [1.807, 2.05) is 4.90 Å². The lowest BCUT2D eigenvalue weighted by molar-refractivity contribution is -0.147. The van der Waals surface area contributed by atoms with Gasteiger partial charge in [0.15, 0.2) is 0 Å². The zero-order valence-electron chi connectivity index (χ0n) is 14.3. The second-order valence-corrected chi connectivity index (χ2v) is 7.07. The van der Waals surface area contributed by atoms with E-state index in [1.165, 1.54) is 5.56 Å². The molecule has 2 saturated heterocycles. The van der Waals surface area contributed by atoms with Crippen LogP contribution in [0.5, 0.6) is 0 Å². The van der Waals surface area contributed by atoms with Gasteiger partial charge in [0.1, 0.15) is 6.10 Å². The number of nitrogens with zero attached hydrogens (tertiary/aromatic N) is 2. The molecule has 3 rings (SSSR count). The van der Waals surface area contributed by atoms with Crippen LogP contribution in [0.15, 0.2) is 28.7 Å². The summed E-state index contributed by atoms with van der Waals surface area (Å²) >= 11 is 3.48. The van der Waals surface area contributed by atoms with Crippen LogP contribution in [0.1, 0.15) is 18.5 Å². The van der Waals surface area contributed by atoms with Crippen molar-refractivity contribution in [2.75, 3.05) is 45.9 Å². The van der Waals surface area contributed by atoms with Crippen molar-refractivity contribution < 1.29 is 9.53 Å². The fraction of sp³-hybridized carbons (Fsp3) is 0.588. The predicted octanol–water partition coefficient (Wildman–Crippen LogP) is 2.49. The van der Waals surface area contributed by atoms with Gasteiger partial charge in [-0.15, -0.1) is 24.8 Å². The Morgan fingerprint density at radius 2 is 1.84 bits per heavy atom. The molecule has 1 amide bonds. The van der Waals surface area contributed by atoms with Crippen LogP contribution in [-0.2, 0) is 9.53 Å². The molecule has 0 saturated carbocycles. The van der Waals surface area contributed by atoms with E-state index in [-0.39, 0.29) is 36.8 Å². The Bertz CT molecular complexity index is 533. The van der Waals surface area contributed by atoms with Crippen molar-refractivity contribution in [3.05, 3.63) is 34.3 Å². The van der Waals surface area contributed by atoms with Gasteiger partial charge in [-0.05, 0) is 24.6 Å². The Kier molecular flexibility index (Phi) is 9.70. The fourth-order valence-corrected chi connectivity index (χ4v) is 3.47. The van der Waals surface area contributed by atoms with E-state index >= 15 is 0 Å². The fourth-order valence-electron chi connectivity index (χ4n) is 3.21. The number of rotatable bonds is 3. The molecule has 2 heterocycles. The first-order chi connectivity index (χ1) is 11.1. The van der Waals surface area contributed by atoms with Crippen LogP contribution in [0, 0.1) is 0 Å². The molecule has 0 aliphatic carbocycles. The van der Waals surface area contributed by atoms with Crippen molar-refractivity contribution >= 4 is 46.7 Å². The first kappa shape index (κ1) is 22.7. The zero-order chi connectivity index (χ0) is 16.2. The minimum absolute atomic E-state index is 0. The summed E-state index contributed by atoms with van der Waals surface area (Å²) in [4.78, 5) is 16.9. The van der Waals surface area contributed by atoms with Crippen LogP contribution in [0.3, 0.4) is 0 Å². The normalized spacial score (nSPS) is 22.5. The molecule has 25 heavy (non-hydrogen) atoms. The van der Waals surface area contributed by atoms with E-state index in [0.717, 1.165) is 37.2 Å². The van der Waals surface area contributed by atoms with Crippen molar-refractivity contribution in [3.8, 4) is 0 Å². The second kappa shape index (κ2) is 10.7. The minimum Gasteiger partial charge on any atom is -0.366 e. The van der Waals surface area contributed by atoms with Crippen LogP contribution in [-0.4, -0.2) is 67.7 Å². The van der Waals surface area contributed by atoms with Gasteiger partial charge >= 0.3 is 0 Å². The standard InChI is InChI=1S/C17H24BrN3O2.2ClH/c1-13(14-2-4-15(18)5-3-14)20-7-9-21(10-8-20)17(22)16-12-19-6-11-23-16;;/h2-5,13,16,19H,6-12H2,1H3;2*1H. The molecule has 142 valence electrons. The van der Waals surface area contributed by atoms with Gasteiger partial charge in [-0.1, -0.05) is 28.1 Å². The summed E-state index contributed by atoms with van der Waals surface area (Å²) in [5.41, 5.74) is 1.31. The van der Waals surface area contributed by atoms with Gasteiger partial charge in [0, 0.05) is 49.8 Å². The summed E-state index contributed by atoms with van der Waals surface area (Å²) in [6.45, 7) is 7.69. The lowest BCUT2D eigenvalue weighted by atomic mass is 10.1. The molecule has 2 atom stereocenters. The van der Waals surface area contributed by atoms with Gasteiger partial charge in [-0.2, -0.15) is 0 Å². The Balaban J connectivity index is 0.00000156. The maximum atomic E-state index is 12.5. The third-order valence-corrected chi connectivity index (χ3v) is 5.26. The van der Waals surface area contributed by atoms with Crippen molar-refractivity contribution in [2.45, 2.75) is 19.1 Å². The number of hydrogen-bond acceptors (Lipinski definition) is 4. The highest BCUT2D eigenvalue weighted by molar-refractivity contribution is 9.10. The smallest absolute Gasteiger partial charge is 0.253 e. The van der Waals surface area contributed by atoms with Gasteiger partial charge in [0.05, 0.1) is 6.61 Å². The average Bonchev–Trinajstić information content (AvgIpc) is 2.62. The zero-order valence-corrected chi connectivity index (χ0v) is 17.5. The topological polar surface area (TPSA) is 44.8 Å². The van der Waals surface area contributed by atoms with Crippen LogP contribution in [0.25, 0.3) is 0 Å². The summed E-state index contributed by atoms with van der Waals surface area (Å²) in [6, 6.07) is 8.85. The van der Waals surface area contributed by atoms with E-state index in [1.54, 1.807) is 0 Å². The molecular formula is C17H26BrCl2N3O2. The average molecular weight is 455 g/mol. The quantitative estimate of drug-likeness (QED) is 0.761. The lowest BCUT2D eigenvalue weighted by Gasteiger charge is -2.39. The first-order valence-electron chi connectivity index (χ1n) is 8.26. The predicted molar refractivity (Wildman–Crippen MR) is 108 cm³/mol. The number of benzene rings is 1. The van der Waals surface area contributed by atoms with Crippen molar-refractivity contribution in [3.63, 3.8) is 0 Å². The molecular weight excluding hydrogens is 429 g/mol. The van der Waals surface area contributed by atoms with Crippen molar-refractivity contribution in [1.82, 2.24) is 15.1 Å². The third-order valence-electron chi connectivity index (χ3n) is 4.73. The number of amides is 1. The van der Waals surface area contributed by atoms with E-state index in [9.17, 15) is 4.79 Å². The molecule has 2 aliphatic heterocycles. The molecule has 8 heteroatoms. The van der Waals surface area contributed by atoms with Crippen molar-refractivity contribution in [1.29, 1.82) is 0 Å². The van der Waals surface area contributed by atoms with Gasteiger partial charge in [-0.25, -0.2) is 0 Å². The Hall–Kier alpha value is -0.370. The summed E-state index contributed by atoms with van der Waals surface area (Å²) in [5.74, 6) is 0.133. The number of carbonyl (C=O) groups is 1. The molecule has 0 radical (unpaired) electrons. The summed E-state index contributed by atoms with van der Waals surface area (Å²) < 4.78 is 6.68. The lowest BCUT2D eigenvalue weighted by Crippen LogP contribution is -2.55. The summed E-state index contributed by atoms with van der Waals surface area (Å²) in [6.07, 6.45) is -0.306. The Labute approximate surface area is 170 Å². The monoisotopic (exact) mass is 453 g/mol. The van der Waals surface area contributed by atoms with Crippen molar-refractivity contribution in [2.24, 2.45) is 0 Å². The minimum atomic E-state index is -0.306. The highest BCUT2D eigenvalue weighted by Gasteiger charge is 2.30. The van der Waals surface area contributed by atoms with Crippen LogP contribution in [0.2, 0.25) is 0 Å². The highest BCUT2D eigenvalue weighted by atomic mass is 79.9. The molecule has 1 aromatic carbocycles. The maximum absolute atomic E-state index is 12.5. The van der Waals surface area contributed by atoms with Gasteiger partial charge in [0.25, 0.3) is 5.91 Å². The van der Waals surface area contributed by atoms with Crippen LogP contribution < -0.4 is 5.32 Å². The van der Waals surface area contributed by atoms with Gasteiger partial charge in [-0.3, -0.25) is 9.69 Å². The summed E-state index contributed by atoms with van der Waals surface area (Å²) in [5, 5.41) is 3.22. The first-order valence-corrected chi connectivity index (χ1v) is 9.05. The number of piperazine rings is 1. The molecule has 0 spiro atoms. The Morgan fingerprint density at radius 1 is 1.20 bits per heavy atom. The molecule has 2 unspecified atom stereocenters. The molecule has 2 aliphatic rings. The maximum Gasteiger partial charge on any atom is 0.253 e. The summed E-state index contributed by atoms with van der Waals surface area (Å²) in [7, 11) is 0.